The lowest BCUT2D eigenvalue weighted by atomic mass is 9.82. The van der Waals surface area contributed by atoms with E-state index in [4.69, 9.17) is 5.26 Å². The molecule has 5 nitrogen and oxygen atoms in total. The van der Waals surface area contributed by atoms with Gasteiger partial charge < -0.3 is 0 Å². The van der Waals surface area contributed by atoms with E-state index < -0.39 is 10.3 Å². The predicted molar refractivity (Wildman–Crippen MR) is 61.2 cm³/mol. The summed E-state index contributed by atoms with van der Waals surface area (Å²) in [4.78, 5) is 21.3. The van der Waals surface area contributed by atoms with E-state index >= 15 is 0 Å². The molecule has 0 aliphatic carbocycles. The minimum absolute atomic E-state index is 0.00441. The molecule has 88 valence electrons. The number of nitro benzene ring substituents is 1. The van der Waals surface area contributed by atoms with Crippen molar-refractivity contribution in [1.82, 2.24) is 0 Å². The minimum atomic E-state index is -1.07. The highest BCUT2D eigenvalue weighted by Crippen LogP contribution is 2.24. The Morgan fingerprint density at radius 1 is 1.47 bits per heavy atom. The highest BCUT2D eigenvalue weighted by Gasteiger charge is 2.29. The van der Waals surface area contributed by atoms with Gasteiger partial charge in [-0.1, -0.05) is 12.1 Å². The number of benzene rings is 1. The number of carbonyl (C=O) groups is 1. The zero-order valence-electron chi connectivity index (χ0n) is 9.64. The van der Waals surface area contributed by atoms with Crippen LogP contribution in [0.1, 0.15) is 19.4 Å². The molecule has 0 aliphatic rings. The number of ketones is 1. The summed E-state index contributed by atoms with van der Waals surface area (Å²) < 4.78 is 0. The first-order chi connectivity index (χ1) is 7.89. The van der Waals surface area contributed by atoms with Crippen LogP contribution < -0.4 is 0 Å². The van der Waals surface area contributed by atoms with Gasteiger partial charge in [-0.25, -0.2) is 0 Å². The number of nitriles is 1. The van der Waals surface area contributed by atoms with E-state index in [1.165, 1.54) is 19.1 Å². The average Bonchev–Trinajstić information content (AvgIpc) is 2.29. The van der Waals surface area contributed by atoms with Gasteiger partial charge in [0.25, 0.3) is 5.69 Å². The van der Waals surface area contributed by atoms with Crippen LogP contribution in [-0.4, -0.2) is 10.7 Å². The molecule has 0 fully saturated rings. The molecule has 0 saturated carbocycles. The molecule has 0 saturated heterocycles. The largest absolute Gasteiger partial charge is 0.298 e. The van der Waals surface area contributed by atoms with Gasteiger partial charge in [0.05, 0.1) is 11.0 Å². The van der Waals surface area contributed by atoms with Gasteiger partial charge in [0.2, 0.25) is 0 Å². The molecule has 0 heterocycles. The molecule has 1 atom stereocenters. The Labute approximate surface area is 98.8 Å². The molecule has 1 unspecified atom stereocenters. The molecular weight excluding hydrogens is 220 g/mol. The first-order valence-electron chi connectivity index (χ1n) is 5.04. The van der Waals surface area contributed by atoms with Gasteiger partial charge in [-0.3, -0.25) is 14.9 Å². The maximum Gasteiger partial charge on any atom is 0.269 e. The Bertz CT molecular complexity index is 487. The molecule has 0 radical (unpaired) electrons. The molecule has 0 bridgehead atoms. The molecular formula is C12H12N2O3. The lowest BCUT2D eigenvalue weighted by Gasteiger charge is -2.17. The lowest BCUT2D eigenvalue weighted by molar-refractivity contribution is -0.384. The fraction of sp³-hybridized carbons (Fsp3) is 0.333. The van der Waals surface area contributed by atoms with E-state index in [-0.39, 0.29) is 17.9 Å². The maximum absolute atomic E-state index is 11.3. The summed E-state index contributed by atoms with van der Waals surface area (Å²) in [6.07, 6.45) is 0.261. The molecule has 0 aromatic heterocycles. The molecule has 1 aromatic carbocycles. The Balaban J connectivity index is 2.93. The molecule has 0 N–H and O–H groups in total. The van der Waals surface area contributed by atoms with Crippen LogP contribution >= 0.6 is 0 Å². The molecule has 1 rings (SSSR count). The molecule has 0 aliphatic heterocycles. The number of carbonyl (C=O) groups excluding carboxylic acids is 1. The zero-order valence-corrected chi connectivity index (χ0v) is 9.64. The molecule has 0 amide bonds. The minimum Gasteiger partial charge on any atom is -0.298 e. The van der Waals surface area contributed by atoms with Crippen LogP contribution in [0.2, 0.25) is 0 Å². The Kier molecular flexibility index (Phi) is 3.59. The topological polar surface area (TPSA) is 84.0 Å². The van der Waals surface area contributed by atoms with Crippen LogP contribution in [0.25, 0.3) is 0 Å². The monoisotopic (exact) mass is 232 g/mol. The van der Waals surface area contributed by atoms with Crippen molar-refractivity contribution in [2.24, 2.45) is 5.41 Å². The second-order valence-electron chi connectivity index (χ2n) is 4.10. The third-order valence-electron chi connectivity index (χ3n) is 2.73. The average molecular weight is 232 g/mol. The number of nitrogens with zero attached hydrogens (tertiary/aromatic N) is 2. The summed E-state index contributed by atoms with van der Waals surface area (Å²) in [5, 5.41) is 19.4. The van der Waals surface area contributed by atoms with E-state index in [0.717, 1.165) is 5.56 Å². The summed E-state index contributed by atoms with van der Waals surface area (Å²) >= 11 is 0. The van der Waals surface area contributed by atoms with E-state index in [2.05, 4.69) is 0 Å². The van der Waals surface area contributed by atoms with Gasteiger partial charge in [-0.15, -0.1) is 0 Å². The Hall–Kier alpha value is -2.22. The third-order valence-corrected chi connectivity index (χ3v) is 2.73. The number of hydrogen-bond donors (Lipinski definition) is 0. The van der Waals surface area contributed by atoms with Crippen LogP contribution in [-0.2, 0) is 11.2 Å². The van der Waals surface area contributed by atoms with Crippen LogP contribution in [0.15, 0.2) is 24.3 Å². The van der Waals surface area contributed by atoms with Crippen molar-refractivity contribution in [2.45, 2.75) is 20.3 Å². The first kappa shape index (κ1) is 12.8. The quantitative estimate of drug-likeness (QED) is 0.588. The summed E-state index contributed by atoms with van der Waals surface area (Å²) in [5.41, 5.74) is -0.346. The fourth-order valence-corrected chi connectivity index (χ4v) is 1.39. The molecule has 17 heavy (non-hydrogen) atoms. The highest BCUT2D eigenvalue weighted by atomic mass is 16.6. The van der Waals surface area contributed by atoms with Crippen molar-refractivity contribution >= 4 is 11.5 Å². The molecule has 1 aromatic rings. The predicted octanol–water partition coefficient (Wildman–Crippen LogP) is 2.26. The number of non-ortho nitro benzene ring substituents is 1. The van der Waals surface area contributed by atoms with Crippen molar-refractivity contribution in [1.29, 1.82) is 5.26 Å². The van der Waals surface area contributed by atoms with Gasteiger partial charge in [0.15, 0.2) is 0 Å². The number of hydrogen-bond acceptors (Lipinski definition) is 4. The van der Waals surface area contributed by atoms with Gasteiger partial charge in [-0.2, -0.15) is 5.26 Å². The highest BCUT2D eigenvalue weighted by molar-refractivity contribution is 5.85. The van der Waals surface area contributed by atoms with Gasteiger partial charge in [0, 0.05) is 12.1 Å². The molecule has 0 spiro atoms. The van der Waals surface area contributed by atoms with Crippen molar-refractivity contribution in [3.63, 3.8) is 0 Å². The number of rotatable bonds is 4. The summed E-state index contributed by atoms with van der Waals surface area (Å²) in [6, 6.07) is 7.85. The zero-order chi connectivity index (χ0) is 13.1. The van der Waals surface area contributed by atoms with E-state index in [1.807, 2.05) is 6.07 Å². The smallest absolute Gasteiger partial charge is 0.269 e. The summed E-state index contributed by atoms with van der Waals surface area (Å²) in [5.74, 6) is -0.210. The SMILES string of the molecule is CC(=O)C(C)(C#N)Cc1ccc([N+](=O)[O-])cc1. The van der Waals surface area contributed by atoms with E-state index in [0.29, 0.717) is 0 Å². The van der Waals surface area contributed by atoms with Crippen LogP contribution in [0, 0.1) is 26.9 Å². The van der Waals surface area contributed by atoms with Gasteiger partial charge in [-0.05, 0) is 25.8 Å². The van der Waals surface area contributed by atoms with Crippen molar-refractivity contribution in [3.05, 3.63) is 39.9 Å². The van der Waals surface area contributed by atoms with Gasteiger partial charge in [0.1, 0.15) is 11.2 Å². The first-order valence-corrected chi connectivity index (χ1v) is 5.04. The van der Waals surface area contributed by atoms with Crippen LogP contribution in [0.4, 0.5) is 5.69 Å². The lowest BCUT2D eigenvalue weighted by Crippen LogP contribution is -2.26. The Morgan fingerprint density at radius 2 is 2.00 bits per heavy atom. The fourth-order valence-electron chi connectivity index (χ4n) is 1.39. The number of nitro groups is 1. The second-order valence-corrected chi connectivity index (χ2v) is 4.10. The number of Topliss-reactive ketones (excluding diaryl/α,β-unsaturated/α-hetero) is 1. The second kappa shape index (κ2) is 4.74. The maximum atomic E-state index is 11.3. The van der Waals surface area contributed by atoms with Crippen molar-refractivity contribution < 1.29 is 9.72 Å². The van der Waals surface area contributed by atoms with Crippen molar-refractivity contribution in [3.8, 4) is 6.07 Å². The van der Waals surface area contributed by atoms with Crippen molar-refractivity contribution in [2.75, 3.05) is 0 Å². The Morgan fingerprint density at radius 3 is 2.35 bits per heavy atom. The normalized spacial score (nSPS) is 13.5. The van der Waals surface area contributed by atoms with Crippen LogP contribution in [0.5, 0.6) is 0 Å². The van der Waals surface area contributed by atoms with E-state index in [1.54, 1.807) is 19.1 Å². The van der Waals surface area contributed by atoms with E-state index in [9.17, 15) is 14.9 Å². The molecule has 5 heteroatoms. The van der Waals surface area contributed by atoms with Crippen LogP contribution in [0.3, 0.4) is 0 Å². The third kappa shape index (κ3) is 2.88. The summed E-state index contributed by atoms with van der Waals surface area (Å²) in [6.45, 7) is 2.94. The standard InChI is InChI=1S/C12H12N2O3/c1-9(15)12(2,8-13)7-10-3-5-11(6-4-10)14(16)17/h3-6H,7H2,1-2H3. The van der Waals surface area contributed by atoms with Gasteiger partial charge >= 0.3 is 0 Å². The summed E-state index contributed by atoms with van der Waals surface area (Å²) in [7, 11) is 0.